The van der Waals surface area contributed by atoms with E-state index in [9.17, 15) is 4.79 Å². The number of nitrogens with zero attached hydrogens (tertiary/aromatic N) is 4. The van der Waals surface area contributed by atoms with Crippen LogP contribution in [0.25, 0.3) is 5.69 Å². The molecule has 0 spiro atoms. The lowest BCUT2D eigenvalue weighted by atomic mass is 10.1. The highest BCUT2D eigenvalue weighted by Gasteiger charge is 2.22. The molecule has 7 heteroatoms. The number of urea groups is 1. The first-order valence-corrected chi connectivity index (χ1v) is 10.1. The van der Waals surface area contributed by atoms with E-state index in [4.69, 9.17) is 11.6 Å². The molecule has 4 rings (SSSR count). The van der Waals surface area contributed by atoms with Gasteiger partial charge in [0.1, 0.15) is 0 Å². The van der Waals surface area contributed by atoms with Crippen molar-refractivity contribution in [3.05, 3.63) is 77.1 Å². The van der Waals surface area contributed by atoms with Gasteiger partial charge >= 0.3 is 6.03 Å². The lowest BCUT2D eigenvalue weighted by Gasteiger charge is -2.36. The number of anilines is 1. The predicted molar refractivity (Wildman–Crippen MR) is 116 cm³/mol. The number of nitrogens with one attached hydrogen (secondary N) is 1. The number of aromatic nitrogens is 2. The fourth-order valence-corrected chi connectivity index (χ4v) is 3.70. The number of aryl methyl sites for hydroxylation is 1. The number of hydrogen-bond acceptors (Lipinski definition) is 3. The molecule has 1 N–H and O–H groups in total. The summed E-state index contributed by atoms with van der Waals surface area (Å²) in [6, 6.07) is 15.8. The molecule has 2 aromatic carbocycles. The van der Waals surface area contributed by atoms with E-state index >= 15 is 0 Å². The average molecular weight is 410 g/mol. The van der Waals surface area contributed by atoms with Crippen LogP contribution in [-0.4, -0.2) is 46.9 Å². The molecule has 1 aromatic heterocycles. The molecule has 150 valence electrons. The molecule has 6 nitrogen and oxygen atoms in total. The minimum absolute atomic E-state index is 0.0417. The fourth-order valence-electron chi connectivity index (χ4n) is 3.54. The zero-order chi connectivity index (χ0) is 20.2. The monoisotopic (exact) mass is 409 g/mol. The van der Waals surface area contributed by atoms with E-state index in [1.165, 1.54) is 5.56 Å². The summed E-state index contributed by atoms with van der Waals surface area (Å²) < 4.78 is 1.81. The Kier molecular flexibility index (Phi) is 5.71. The molecule has 0 atom stereocenters. The molecule has 2 amide bonds. The summed E-state index contributed by atoms with van der Waals surface area (Å²) >= 11 is 6.15. The Labute approximate surface area is 175 Å². The van der Waals surface area contributed by atoms with E-state index in [0.29, 0.717) is 19.6 Å². The van der Waals surface area contributed by atoms with Gasteiger partial charge in [0.05, 0.1) is 11.9 Å². The van der Waals surface area contributed by atoms with Gasteiger partial charge in [-0.15, -0.1) is 0 Å². The number of halogens is 1. The quantitative estimate of drug-likeness (QED) is 0.711. The molecule has 0 bridgehead atoms. The van der Waals surface area contributed by atoms with Gasteiger partial charge in [0, 0.05) is 55.2 Å². The molecule has 0 unspecified atom stereocenters. The molecule has 2 heterocycles. The number of carbonyl (C=O) groups excluding carboxylic acids is 1. The Morgan fingerprint density at radius 2 is 1.86 bits per heavy atom. The molecule has 0 radical (unpaired) electrons. The summed E-state index contributed by atoms with van der Waals surface area (Å²) in [5, 5.41) is 8.11. The van der Waals surface area contributed by atoms with Crippen LogP contribution in [-0.2, 0) is 6.54 Å². The smallest absolute Gasteiger partial charge is 0.317 e. The largest absolute Gasteiger partial charge is 0.368 e. The van der Waals surface area contributed by atoms with E-state index in [-0.39, 0.29) is 6.03 Å². The van der Waals surface area contributed by atoms with Gasteiger partial charge in [-0.1, -0.05) is 35.9 Å². The molecule has 1 aliphatic heterocycles. The summed E-state index contributed by atoms with van der Waals surface area (Å²) in [4.78, 5) is 16.7. The van der Waals surface area contributed by atoms with Crippen molar-refractivity contribution in [2.24, 2.45) is 0 Å². The van der Waals surface area contributed by atoms with Crippen LogP contribution in [0.5, 0.6) is 0 Å². The molecule has 1 saturated heterocycles. The summed E-state index contributed by atoms with van der Waals surface area (Å²) in [5.74, 6) is 0. The number of rotatable bonds is 4. The standard InChI is InChI=1S/C22H24ClN5O/c1-17-7-8-19(23)13-21(17)26-9-11-27(12-10-26)22(29)24-14-18-15-25-28(16-18)20-5-3-2-4-6-20/h2-8,13,15-16H,9-12,14H2,1H3,(H,24,29). The molecule has 1 fully saturated rings. The number of amides is 2. The van der Waals surface area contributed by atoms with Gasteiger partial charge in [0.25, 0.3) is 0 Å². The maximum Gasteiger partial charge on any atom is 0.317 e. The fraction of sp³-hybridized carbons (Fsp3) is 0.273. The van der Waals surface area contributed by atoms with Crippen LogP contribution in [0, 0.1) is 6.92 Å². The van der Waals surface area contributed by atoms with Crippen LogP contribution in [0.15, 0.2) is 60.9 Å². The van der Waals surface area contributed by atoms with Gasteiger partial charge in [0.2, 0.25) is 0 Å². The van der Waals surface area contributed by atoms with E-state index < -0.39 is 0 Å². The van der Waals surface area contributed by atoms with Crippen molar-refractivity contribution in [2.45, 2.75) is 13.5 Å². The minimum atomic E-state index is -0.0417. The second kappa shape index (κ2) is 8.57. The summed E-state index contributed by atoms with van der Waals surface area (Å²) in [6.45, 7) is 5.49. The summed E-state index contributed by atoms with van der Waals surface area (Å²) in [6.07, 6.45) is 3.72. The van der Waals surface area contributed by atoms with Gasteiger partial charge in [-0.3, -0.25) is 0 Å². The number of hydrogen-bond donors (Lipinski definition) is 1. The van der Waals surface area contributed by atoms with Crippen LogP contribution in [0.1, 0.15) is 11.1 Å². The Morgan fingerprint density at radius 3 is 2.62 bits per heavy atom. The highest BCUT2D eigenvalue weighted by Crippen LogP contribution is 2.25. The zero-order valence-corrected chi connectivity index (χ0v) is 17.1. The topological polar surface area (TPSA) is 53.4 Å². The normalized spacial score (nSPS) is 14.1. The van der Waals surface area contributed by atoms with Crippen molar-refractivity contribution in [1.29, 1.82) is 0 Å². The first-order chi connectivity index (χ1) is 14.1. The van der Waals surface area contributed by atoms with Crippen molar-refractivity contribution in [3.63, 3.8) is 0 Å². The molecule has 0 saturated carbocycles. The van der Waals surface area contributed by atoms with Gasteiger partial charge in [-0.25, -0.2) is 9.48 Å². The highest BCUT2D eigenvalue weighted by atomic mass is 35.5. The lowest BCUT2D eigenvalue weighted by molar-refractivity contribution is 0.194. The third-order valence-corrected chi connectivity index (χ3v) is 5.41. The molecule has 29 heavy (non-hydrogen) atoms. The van der Waals surface area contributed by atoms with Gasteiger partial charge < -0.3 is 15.1 Å². The minimum Gasteiger partial charge on any atom is -0.368 e. The van der Waals surface area contributed by atoms with Crippen LogP contribution in [0.2, 0.25) is 5.02 Å². The predicted octanol–water partition coefficient (Wildman–Crippen LogP) is 3.87. The Morgan fingerprint density at radius 1 is 1.10 bits per heavy atom. The molecule has 1 aliphatic rings. The second-order valence-electron chi connectivity index (χ2n) is 7.19. The average Bonchev–Trinajstić information content (AvgIpc) is 3.24. The maximum atomic E-state index is 12.6. The summed E-state index contributed by atoms with van der Waals surface area (Å²) in [7, 11) is 0. The van der Waals surface area contributed by atoms with Crippen LogP contribution < -0.4 is 10.2 Å². The van der Waals surface area contributed by atoms with Crippen LogP contribution in [0.4, 0.5) is 10.5 Å². The molecule has 3 aromatic rings. The van der Waals surface area contributed by atoms with Crippen molar-refractivity contribution >= 4 is 23.3 Å². The Balaban J connectivity index is 1.29. The lowest BCUT2D eigenvalue weighted by Crippen LogP contribution is -2.51. The maximum absolute atomic E-state index is 12.6. The molecular formula is C22H24ClN5O. The number of para-hydroxylation sites is 1. The van der Waals surface area contributed by atoms with E-state index in [0.717, 1.165) is 35.1 Å². The molecular weight excluding hydrogens is 386 g/mol. The SMILES string of the molecule is Cc1ccc(Cl)cc1N1CCN(C(=O)NCc2cnn(-c3ccccc3)c2)CC1. The highest BCUT2D eigenvalue weighted by molar-refractivity contribution is 6.30. The number of carbonyl (C=O) groups is 1. The van der Waals surface area contributed by atoms with Crippen molar-refractivity contribution < 1.29 is 4.79 Å². The molecule has 0 aliphatic carbocycles. The van der Waals surface area contributed by atoms with Crippen molar-refractivity contribution in [2.75, 3.05) is 31.1 Å². The Bertz CT molecular complexity index is 980. The van der Waals surface area contributed by atoms with Crippen LogP contribution in [0.3, 0.4) is 0 Å². The van der Waals surface area contributed by atoms with Crippen molar-refractivity contribution in [1.82, 2.24) is 20.0 Å². The van der Waals surface area contributed by atoms with E-state index in [1.54, 1.807) is 6.20 Å². The number of piperazine rings is 1. The van der Waals surface area contributed by atoms with E-state index in [1.807, 2.05) is 64.3 Å². The first kappa shape index (κ1) is 19.3. The Hall–Kier alpha value is -2.99. The van der Waals surface area contributed by atoms with Gasteiger partial charge in [-0.2, -0.15) is 5.10 Å². The zero-order valence-electron chi connectivity index (χ0n) is 16.4. The van der Waals surface area contributed by atoms with Gasteiger partial charge in [-0.05, 0) is 36.8 Å². The number of benzene rings is 2. The van der Waals surface area contributed by atoms with Gasteiger partial charge in [0.15, 0.2) is 0 Å². The third-order valence-electron chi connectivity index (χ3n) is 5.18. The second-order valence-corrected chi connectivity index (χ2v) is 7.63. The third kappa shape index (κ3) is 4.54. The van der Waals surface area contributed by atoms with Crippen molar-refractivity contribution in [3.8, 4) is 5.69 Å². The first-order valence-electron chi connectivity index (χ1n) is 9.73. The van der Waals surface area contributed by atoms with Crippen LogP contribution >= 0.6 is 11.6 Å². The summed E-state index contributed by atoms with van der Waals surface area (Å²) in [5.41, 5.74) is 4.31. The van der Waals surface area contributed by atoms with E-state index in [2.05, 4.69) is 22.2 Å².